The van der Waals surface area contributed by atoms with Crippen molar-refractivity contribution in [2.24, 2.45) is 0 Å². The summed E-state index contributed by atoms with van der Waals surface area (Å²) in [4.78, 5) is 24.5. The molecule has 2 rings (SSSR count). The molecule has 0 radical (unpaired) electrons. The van der Waals surface area contributed by atoms with E-state index in [1.165, 1.54) is 25.1 Å². The molecule has 0 aliphatic carbocycles. The molecule has 0 bridgehead atoms. The first-order chi connectivity index (χ1) is 12.6. The van der Waals surface area contributed by atoms with Gasteiger partial charge in [-0.2, -0.15) is 8.42 Å². The van der Waals surface area contributed by atoms with Crippen LogP contribution >= 0.6 is 0 Å². The molecular formula is C17H17F2NO6S. The maximum absolute atomic E-state index is 14.3. The second-order valence-corrected chi connectivity index (χ2v) is 7.19. The molecule has 0 aliphatic rings. The Morgan fingerprint density at radius 2 is 1.93 bits per heavy atom. The lowest BCUT2D eigenvalue weighted by Gasteiger charge is -2.18. The Bertz CT molecular complexity index is 977. The monoisotopic (exact) mass is 401 g/mol. The van der Waals surface area contributed by atoms with Crippen molar-refractivity contribution in [2.75, 3.05) is 12.4 Å². The number of carbonyl (C=O) groups excluding carboxylic acids is 2. The first-order valence-electron chi connectivity index (χ1n) is 7.93. The van der Waals surface area contributed by atoms with Crippen LogP contribution in [0.4, 0.5) is 8.78 Å². The topological polar surface area (TPSA) is 110 Å². The van der Waals surface area contributed by atoms with Gasteiger partial charge in [-0.3, -0.25) is 9.35 Å². The molecular weight excluding hydrogens is 384 g/mol. The zero-order valence-corrected chi connectivity index (χ0v) is 15.1. The zero-order valence-electron chi connectivity index (χ0n) is 14.2. The van der Waals surface area contributed by atoms with E-state index in [1.807, 2.05) is 0 Å². The smallest absolute Gasteiger partial charge is 0.328 e. The summed E-state index contributed by atoms with van der Waals surface area (Å²) < 4.78 is 63.6. The Hall–Kier alpha value is -2.59. The second kappa shape index (κ2) is 8.40. The van der Waals surface area contributed by atoms with Gasteiger partial charge in [0, 0.05) is 0 Å². The number of amides is 1. The van der Waals surface area contributed by atoms with Gasteiger partial charge in [-0.05, 0) is 30.2 Å². The number of benzene rings is 2. The number of fused-ring (bicyclic) bond motifs is 1. The molecule has 27 heavy (non-hydrogen) atoms. The largest absolute Gasteiger partial charge is 0.464 e. The predicted octanol–water partition coefficient (Wildman–Crippen LogP) is 2.06. The van der Waals surface area contributed by atoms with Crippen LogP contribution in [0.3, 0.4) is 0 Å². The standard InChI is InChI=1S/C17H17F2NO6S/c1-2-26-17(22)13(7-8-27(23,24)25)20-16(21)14-11-6-4-3-5-10(11)9-12(18)15(14)19/h3-6,9,13H,2,7-8H2,1H3,(H,20,21)(H,23,24,25)/t13-/m0/s1. The van der Waals surface area contributed by atoms with E-state index < -0.39 is 57.4 Å². The van der Waals surface area contributed by atoms with Gasteiger partial charge in [-0.1, -0.05) is 24.3 Å². The van der Waals surface area contributed by atoms with E-state index in [4.69, 9.17) is 9.29 Å². The lowest BCUT2D eigenvalue weighted by molar-refractivity contribution is -0.145. The number of hydrogen-bond acceptors (Lipinski definition) is 5. The van der Waals surface area contributed by atoms with Crippen LogP contribution in [-0.4, -0.2) is 43.2 Å². The number of rotatable bonds is 7. The summed E-state index contributed by atoms with van der Waals surface area (Å²) in [6.45, 7) is 1.45. The fraction of sp³-hybridized carbons (Fsp3) is 0.294. The minimum atomic E-state index is -4.41. The van der Waals surface area contributed by atoms with E-state index in [-0.39, 0.29) is 17.4 Å². The summed E-state index contributed by atoms with van der Waals surface area (Å²) in [5.41, 5.74) is -0.619. The van der Waals surface area contributed by atoms with Gasteiger partial charge in [-0.15, -0.1) is 0 Å². The Labute approximate surface area is 154 Å². The molecule has 0 heterocycles. The molecule has 146 valence electrons. The number of halogens is 2. The minimum Gasteiger partial charge on any atom is -0.464 e. The van der Waals surface area contributed by atoms with Crippen LogP contribution in [-0.2, 0) is 19.6 Å². The molecule has 1 amide bonds. The van der Waals surface area contributed by atoms with E-state index in [0.717, 1.165) is 6.07 Å². The molecule has 0 fully saturated rings. The van der Waals surface area contributed by atoms with Crippen molar-refractivity contribution in [3.8, 4) is 0 Å². The van der Waals surface area contributed by atoms with E-state index in [1.54, 1.807) is 6.07 Å². The second-order valence-electron chi connectivity index (χ2n) is 5.62. The molecule has 2 N–H and O–H groups in total. The molecule has 2 aromatic rings. The van der Waals surface area contributed by atoms with Crippen LogP contribution in [0, 0.1) is 11.6 Å². The van der Waals surface area contributed by atoms with E-state index in [9.17, 15) is 26.8 Å². The maximum Gasteiger partial charge on any atom is 0.328 e. The SMILES string of the molecule is CCOC(=O)[C@H](CCS(=O)(=O)O)NC(=O)c1c(F)c(F)cc2ccccc12. The van der Waals surface area contributed by atoms with Crippen LogP contribution < -0.4 is 5.32 Å². The number of hydrogen-bond donors (Lipinski definition) is 2. The Kier molecular flexibility index (Phi) is 6.45. The average molecular weight is 401 g/mol. The summed E-state index contributed by atoms with van der Waals surface area (Å²) in [6, 6.07) is 5.45. The maximum atomic E-state index is 14.3. The van der Waals surface area contributed by atoms with Crippen molar-refractivity contribution in [3.63, 3.8) is 0 Å². The van der Waals surface area contributed by atoms with Crippen molar-refractivity contribution < 1.29 is 36.1 Å². The third kappa shape index (κ3) is 5.20. The highest BCUT2D eigenvalue weighted by atomic mass is 32.2. The Balaban J connectivity index is 2.38. The minimum absolute atomic E-state index is 0.0473. The Morgan fingerprint density at radius 3 is 2.56 bits per heavy atom. The first-order valence-corrected chi connectivity index (χ1v) is 9.54. The summed E-state index contributed by atoms with van der Waals surface area (Å²) in [6.07, 6.45) is -0.502. The number of esters is 1. The number of carbonyl (C=O) groups is 2. The third-order valence-electron chi connectivity index (χ3n) is 3.71. The van der Waals surface area contributed by atoms with Crippen LogP contribution in [0.1, 0.15) is 23.7 Å². The number of nitrogens with one attached hydrogen (secondary N) is 1. The van der Waals surface area contributed by atoms with Crippen molar-refractivity contribution >= 4 is 32.8 Å². The molecule has 10 heteroatoms. The Morgan fingerprint density at radius 1 is 1.26 bits per heavy atom. The van der Waals surface area contributed by atoms with Gasteiger partial charge in [0.15, 0.2) is 11.6 Å². The van der Waals surface area contributed by atoms with E-state index in [0.29, 0.717) is 0 Å². The summed E-state index contributed by atoms with van der Waals surface area (Å²) in [5, 5.41) is 2.54. The molecule has 0 unspecified atom stereocenters. The molecule has 0 aliphatic heterocycles. The highest BCUT2D eigenvalue weighted by molar-refractivity contribution is 7.85. The lowest BCUT2D eigenvalue weighted by Crippen LogP contribution is -2.43. The fourth-order valence-electron chi connectivity index (χ4n) is 2.50. The summed E-state index contributed by atoms with van der Waals surface area (Å²) >= 11 is 0. The summed E-state index contributed by atoms with van der Waals surface area (Å²) in [5.74, 6) is -5.55. The molecule has 0 aromatic heterocycles. The van der Waals surface area contributed by atoms with Crippen molar-refractivity contribution in [1.82, 2.24) is 5.32 Å². The van der Waals surface area contributed by atoms with Crippen LogP contribution in [0.25, 0.3) is 10.8 Å². The quantitative estimate of drug-likeness (QED) is 0.543. The van der Waals surface area contributed by atoms with Gasteiger partial charge in [0.2, 0.25) is 0 Å². The van der Waals surface area contributed by atoms with Crippen LogP contribution in [0.15, 0.2) is 30.3 Å². The van der Waals surface area contributed by atoms with Gasteiger partial charge >= 0.3 is 5.97 Å². The average Bonchev–Trinajstić information content (AvgIpc) is 2.58. The molecule has 7 nitrogen and oxygen atoms in total. The third-order valence-corrected chi connectivity index (χ3v) is 4.46. The molecule has 0 spiro atoms. The lowest BCUT2D eigenvalue weighted by atomic mass is 10.0. The molecule has 0 saturated carbocycles. The molecule has 2 aromatic carbocycles. The predicted molar refractivity (Wildman–Crippen MR) is 92.8 cm³/mol. The zero-order chi connectivity index (χ0) is 20.2. The first kappa shape index (κ1) is 20.7. The van der Waals surface area contributed by atoms with Gasteiger partial charge in [0.05, 0.1) is 17.9 Å². The highest BCUT2D eigenvalue weighted by Crippen LogP contribution is 2.24. The molecule has 0 saturated heterocycles. The number of ether oxygens (including phenoxy) is 1. The van der Waals surface area contributed by atoms with E-state index in [2.05, 4.69) is 5.32 Å². The highest BCUT2D eigenvalue weighted by Gasteiger charge is 2.27. The van der Waals surface area contributed by atoms with Crippen molar-refractivity contribution in [1.29, 1.82) is 0 Å². The molecule has 1 atom stereocenters. The van der Waals surface area contributed by atoms with Crippen LogP contribution in [0.5, 0.6) is 0 Å². The van der Waals surface area contributed by atoms with Crippen molar-refractivity contribution in [3.05, 3.63) is 47.5 Å². The fourth-order valence-corrected chi connectivity index (χ4v) is 3.03. The normalized spacial score (nSPS) is 12.6. The van der Waals surface area contributed by atoms with Crippen LogP contribution in [0.2, 0.25) is 0 Å². The van der Waals surface area contributed by atoms with Gasteiger partial charge < -0.3 is 10.1 Å². The summed E-state index contributed by atoms with van der Waals surface area (Å²) in [7, 11) is -4.41. The van der Waals surface area contributed by atoms with Gasteiger partial charge in [0.1, 0.15) is 6.04 Å². The van der Waals surface area contributed by atoms with Crippen molar-refractivity contribution in [2.45, 2.75) is 19.4 Å². The van der Waals surface area contributed by atoms with E-state index >= 15 is 0 Å². The van der Waals surface area contributed by atoms with Gasteiger partial charge in [0.25, 0.3) is 16.0 Å². The van der Waals surface area contributed by atoms with Gasteiger partial charge in [-0.25, -0.2) is 13.6 Å².